The smallest absolute Gasteiger partial charge is 0.407 e. The number of aromatic nitrogens is 1. The van der Waals surface area contributed by atoms with Crippen molar-refractivity contribution in [3.05, 3.63) is 70.5 Å². The summed E-state index contributed by atoms with van der Waals surface area (Å²) in [6, 6.07) is 12.4. The quantitative estimate of drug-likeness (QED) is 0.783. The number of hydrogen-bond acceptors (Lipinski definition) is 4. The zero-order chi connectivity index (χ0) is 17.4. The number of ether oxygens (including phenoxy) is 1. The van der Waals surface area contributed by atoms with Crippen molar-refractivity contribution < 1.29 is 19.4 Å². The van der Waals surface area contributed by atoms with Crippen molar-refractivity contribution in [2.24, 2.45) is 0 Å². The van der Waals surface area contributed by atoms with Crippen LogP contribution in [0.5, 0.6) is 0 Å². The highest BCUT2D eigenvalue weighted by atomic mass is 35.5. The highest BCUT2D eigenvalue weighted by molar-refractivity contribution is 6.29. The number of carbonyl (C=O) groups excluding carboxylic acids is 1. The van der Waals surface area contributed by atoms with E-state index in [2.05, 4.69) is 10.3 Å². The molecule has 0 radical (unpaired) electrons. The minimum Gasteiger partial charge on any atom is -0.476 e. The Balaban J connectivity index is 1.82. The van der Waals surface area contributed by atoms with Crippen molar-refractivity contribution >= 4 is 29.7 Å². The van der Waals surface area contributed by atoms with Gasteiger partial charge in [0.2, 0.25) is 0 Å². The van der Waals surface area contributed by atoms with Crippen LogP contribution < -0.4 is 5.32 Å². The predicted octanol–water partition coefficient (Wildman–Crippen LogP) is 3.37. The molecule has 1 heterocycles. The second kappa shape index (κ2) is 8.69. The van der Waals surface area contributed by atoms with Crippen molar-refractivity contribution in [3.63, 3.8) is 0 Å². The van der Waals surface area contributed by atoms with Gasteiger partial charge in [-0.3, -0.25) is 0 Å². The fourth-order valence-electron chi connectivity index (χ4n) is 1.85. The van der Waals surface area contributed by atoms with E-state index in [9.17, 15) is 9.59 Å². The van der Waals surface area contributed by atoms with Gasteiger partial charge < -0.3 is 15.2 Å². The number of benzene rings is 1. The van der Waals surface area contributed by atoms with E-state index in [1.54, 1.807) is 18.2 Å². The van der Waals surface area contributed by atoms with Crippen molar-refractivity contribution in [2.75, 3.05) is 6.54 Å². The number of amides is 1. The molecule has 1 aromatic carbocycles. The number of pyridine rings is 1. The maximum absolute atomic E-state index is 11.6. The summed E-state index contributed by atoms with van der Waals surface area (Å²) in [5, 5.41) is 11.7. The van der Waals surface area contributed by atoms with Crippen LogP contribution in [0.15, 0.2) is 48.5 Å². The number of carboxylic acids is 1. The second-order valence-electron chi connectivity index (χ2n) is 4.72. The summed E-state index contributed by atoms with van der Waals surface area (Å²) in [6.07, 6.45) is 2.59. The summed E-state index contributed by atoms with van der Waals surface area (Å²) in [5.41, 5.74) is 1.14. The number of aromatic carboxylic acids is 1. The molecule has 0 spiro atoms. The molecular weight excluding hydrogens is 332 g/mol. The maximum Gasteiger partial charge on any atom is 0.407 e. The topological polar surface area (TPSA) is 88.5 Å². The first-order valence-electron chi connectivity index (χ1n) is 7.07. The van der Waals surface area contributed by atoms with Crippen LogP contribution in [0.1, 0.15) is 21.6 Å². The molecule has 2 N–H and O–H groups in total. The lowest BCUT2D eigenvalue weighted by Gasteiger charge is -2.05. The Hall–Kier alpha value is -2.86. The van der Waals surface area contributed by atoms with E-state index in [0.717, 1.165) is 5.56 Å². The molecule has 24 heavy (non-hydrogen) atoms. The molecule has 0 aliphatic rings. The molecular formula is C17H15ClN2O4. The van der Waals surface area contributed by atoms with Crippen LogP contribution in [-0.4, -0.2) is 28.7 Å². The van der Waals surface area contributed by atoms with Crippen LogP contribution in [-0.2, 0) is 11.3 Å². The molecule has 0 atom stereocenters. The van der Waals surface area contributed by atoms with E-state index in [0.29, 0.717) is 5.56 Å². The highest BCUT2D eigenvalue weighted by Crippen LogP contribution is 2.13. The van der Waals surface area contributed by atoms with E-state index >= 15 is 0 Å². The van der Waals surface area contributed by atoms with Crippen molar-refractivity contribution in [1.29, 1.82) is 0 Å². The van der Waals surface area contributed by atoms with Crippen LogP contribution >= 0.6 is 11.6 Å². The Kier molecular flexibility index (Phi) is 6.33. The Morgan fingerprint density at radius 1 is 1.21 bits per heavy atom. The minimum atomic E-state index is -1.17. The van der Waals surface area contributed by atoms with Crippen LogP contribution in [0.3, 0.4) is 0 Å². The predicted molar refractivity (Wildman–Crippen MR) is 89.9 cm³/mol. The Bertz CT molecular complexity index is 748. The molecule has 1 amide bonds. The van der Waals surface area contributed by atoms with E-state index in [1.165, 1.54) is 6.07 Å². The van der Waals surface area contributed by atoms with E-state index in [-0.39, 0.29) is 24.0 Å². The monoisotopic (exact) mass is 346 g/mol. The summed E-state index contributed by atoms with van der Waals surface area (Å²) >= 11 is 5.68. The lowest BCUT2D eigenvalue weighted by atomic mass is 10.2. The molecule has 0 aliphatic heterocycles. The highest BCUT2D eigenvalue weighted by Gasteiger charge is 2.10. The van der Waals surface area contributed by atoms with Crippen LogP contribution in [0.4, 0.5) is 4.79 Å². The molecule has 0 saturated carbocycles. The van der Waals surface area contributed by atoms with Gasteiger partial charge >= 0.3 is 12.1 Å². The Morgan fingerprint density at radius 3 is 2.67 bits per heavy atom. The molecule has 0 fully saturated rings. The Morgan fingerprint density at radius 2 is 1.96 bits per heavy atom. The van der Waals surface area contributed by atoms with E-state index in [1.807, 2.05) is 30.3 Å². The van der Waals surface area contributed by atoms with Crippen molar-refractivity contribution in [3.8, 4) is 0 Å². The number of hydrogen-bond donors (Lipinski definition) is 2. The van der Waals surface area contributed by atoms with Crippen LogP contribution in [0, 0.1) is 0 Å². The van der Waals surface area contributed by atoms with E-state index < -0.39 is 12.1 Å². The van der Waals surface area contributed by atoms with Gasteiger partial charge in [0.15, 0.2) is 5.69 Å². The molecule has 2 aromatic rings. The van der Waals surface area contributed by atoms with E-state index in [4.69, 9.17) is 21.4 Å². The number of nitrogens with one attached hydrogen (secondary N) is 1. The van der Waals surface area contributed by atoms with Gasteiger partial charge in [0, 0.05) is 12.1 Å². The van der Waals surface area contributed by atoms with Gasteiger partial charge in [-0.1, -0.05) is 54.1 Å². The lowest BCUT2D eigenvalue weighted by Crippen LogP contribution is -2.24. The second-order valence-corrected chi connectivity index (χ2v) is 5.11. The average molecular weight is 347 g/mol. The van der Waals surface area contributed by atoms with Crippen molar-refractivity contribution in [1.82, 2.24) is 10.3 Å². The third kappa shape index (κ3) is 5.40. The van der Waals surface area contributed by atoms with Gasteiger partial charge in [0.25, 0.3) is 0 Å². The average Bonchev–Trinajstić information content (AvgIpc) is 2.58. The number of carboxylic acid groups (broad SMARTS) is 1. The molecule has 0 unspecified atom stereocenters. The standard InChI is InChI=1S/C17H15ClN2O4/c18-14-9-8-13(15(20-14)16(21)22)7-4-10-19-17(23)24-11-12-5-2-1-3-6-12/h1-9H,10-11H2,(H,19,23)(H,21,22). The maximum atomic E-state index is 11.6. The number of nitrogens with zero attached hydrogens (tertiary/aromatic N) is 1. The molecule has 0 aliphatic carbocycles. The zero-order valence-electron chi connectivity index (χ0n) is 12.6. The number of rotatable bonds is 6. The summed E-state index contributed by atoms with van der Waals surface area (Å²) in [4.78, 5) is 26.4. The normalized spacial score (nSPS) is 10.5. The molecule has 0 bridgehead atoms. The zero-order valence-corrected chi connectivity index (χ0v) is 13.4. The summed E-state index contributed by atoms with van der Waals surface area (Å²) in [6.45, 7) is 0.371. The summed E-state index contributed by atoms with van der Waals surface area (Å²) in [5.74, 6) is -1.17. The number of halogens is 1. The third-order valence-electron chi connectivity index (χ3n) is 2.97. The SMILES string of the molecule is O=C(NCC=Cc1ccc(Cl)nc1C(=O)O)OCc1ccccc1. The molecule has 0 saturated heterocycles. The Labute approximate surface area is 143 Å². The van der Waals surface area contributed by atoms with Gasteiger partial charge in [-0.2, -0.15) is 0 Å². The number of alkyl carbamates (subject to hydrolysis) is 1. The van der Waals surface area contributed by atoms with Crippen LogP contribution in [0.2, 0.25) is 5.15 Å². The van der Waals surface area contributed by atoms with Gasteiger partial charge in [-0.15, -0.1) is 0 Å². The fraction of sp³-hybridized carbons (Fsp3) is 0.118. The van der Waals surface area contributed by atoms with Crippen LogP contribution in [0.25, 0.3) is 6.08 Å². The molecule has 124 valence electrons. The van der Waals surface area contributed by atoms with Gasteiger partial charge in [-0.25, -0.2) is 14.6 Å². The third-order valence-corrected chi connectivity index (χ3v) is 3.18. The number of carbonyl (C=O) groups is 2. The van der Waals surface area contributed by atoms with Gasteiger partial charge in [0.1, 0.15) is 11.8 Å². The molecule has 2 rings (SSSR count). The van der Waals surface area contributed by atoms with Gasteiger partial charge in [0.05, 0.1) is 0 Å². The first-order valence-corrected chi connectivity index (χ1v) is 7.45. The minimum absolute atomic E-state index is 0.104. The van der Waals surface area contributed by atoms with Gasteiger partial charge in [-0.05, 0) is 17.7 Å². The lowest BCUT2D eigenvalue weighted by molar-refractivity contribution is 0.0690. The molecule has 6 nitrogen and oxygen atoms in total. The molecule has 1 aromatic heterocycles. The van der Waals surface area contributed by atoms with Crippen molar-refractivity contribution in [2.45, 2.75) is 6.61 Å². The fourth-order valence-corrected chi connectivity index (χ4v) is 2.00. The first kappa shape index (κ1) is 17.5. The molecule has 7 heteroatoms. The first-order chi connectivity index (χ1) is 11.6. The largest absolute Gasteiger partial charge is 0.476 e. The summed E-state index contributed by atoms with van der Waals surface area (Å²) in [7, 11) is 0. The summed E-state index contributed by atoms with van der Waals surface area (Å²) < 4.78 is 5.05.